The van der Waals surface area contributed by atoms with Gasteiger partial charge in [0.2, 0.25) is 0 Å². The quantitative estimate of drug-likeness (QED) is 0.715. The van der Waals surface area contributed by atoms with Crippen LogP contribution in [-0.4, -0.2) is 39.4 Å². The zero-order chi connectivity index (χ0) is 21.2. The molecule has 1 aliphatic rings. The SMILES string of the molecule is CCN(C(=O)c1ccc2c(c1OC)C=CC(C)(C)O2)c1ccc(OC)c(OC)c1. The third-order valence-corrected chi connectivity index (χ3v) is 4.86. The molecule has 3 rings (SSSR count). The third-order valence-electron chi connectivity index (χ3n) is 4.86. The summed E-state index contributed by atoms with van der Waals surface area (Å²) in [6, 6.07) is 8.97. The summed E-state index contributed by atoms with van der Waals surface area (Å²) in [4.78, 5) is 15.1. The molecule has 0 aliphatic carbocycles. The molecule has 0 bridgehead atoms. The van der Waals surface area contributed by atoms with Gasteiger partial charge < -0.3 is 23.8 Å². The molecule has 1 heterocycles. The van der Waals surface area contributed by atoms with Gasteiger partial charge in [-0.05, 0) is 57.2 Å². The van der Waals surface area contributed by atoms with Gasteiger partial charge in [0.1, 0.15) is 17.1 Å². The lowest BCUT2D eigenvalue weighted by Gasteiger charge is -2.30. The highest BCUT2D eigenvalue weighted by atomic mass is 16.5. The van der Waals surface area contributed by atoms with Gasteiger partial charge in [-0.2, -0.15) is 0 Å². The van der Waals surface area contributed by atoms with Crippen LogP contribution in [0.3, 0.4) is 0 Å². The Bertz CT molecular complexity index is 949. The van der Waals surface area contributed by atoms with Crippen LogP contribution in [0.1, 0.15) is 36.7 Å². The normalized spacial score (nSPS) is 13.9. The number of carbonyl (C=O) groups is 1. The van der Waals surface area contributed by atoms with Gasteiger partial charge in [-0.1, -0.05) is 0 Å². The molecule has 1 amide bonds. The lowest BCUT2D eigenvalue weighted by molar-refractivity contribution is 0.0985. The summed E-state index contributed by atoms with van der Waals surface area (Å²) in [6.45, 7) is 6.36. The molecular formula is C23H27NO5. The van der Waals surface area contributed by atoms with E-state index in [1.165, 1.54) is 0 Å². The largest absolute Gasteiger partial charge is 0.495 e. The Balaban J connectivity index is 2.03. The number of fused-ring (bicyclic) bond motifs is 1. The van der Waals surface area contributed by atoms with Crippen molar-refractivity contribution in [3.8, 4) is 23.0 Å². The van der Waals surface area contributed by atoms with Gasteiger partial charge in [-0.3, -0.25) is 4.79 Å². The fraction of sp³-hybridized carbons (Fsp3) is 0.348. The number of ether oxygens (including phenoxy) is 4. The maximum absolute atomic E-state index is 13.4. The third kappa shape index (κ3) is 3.88. The highest BCUT2D eigenvalue weighted by molar-refractivity contribution is 6.09. The number of anilines is 1. The van der Waals surface area contributed by atoms with E-state index in [4.69, 9.17) is 18.9 Å². The summed E-state index contributed by atoms with van der Waals surface area (Å²) in [7, 11) is 4.71. The zero-order valence-electron chi connectivity index (χ0n) is 17.7. The highest BCUT2D eigenvalue weighted by Crippen LogP contribution is 2.40. The van der Waals surface area contributed by atoms with E-state index < -0.39 is 5.60 Å². The molecule has 0 N–H and O–H groups in total. The topological polar surface area (TPSA) is 57.2 Å². The number of hydrogen-bond acceptors (Lipinski definition) is 5. The van der Waals surface area contributed by atoms with Gasteiger partial charge in [-0.15, -0.1) is 0 Å². The van der Waals surface area contributed by atoms with Crippen molar-refractivity contribution in [3.05, 3.63) is 47.5 Å². The first-order valence-corrected chi connectivity index (χ1v) is 9.48. The summed E-state index contributed by atoms with van der Waals surface area (Å²) in [5, 5.41) is 0. The van der Waals surface area contributed by atoms with Crippen LogP contribution in [0, 0.1) is 0 Å². The van der Waals surface area contributed by atoms with Gasteiger partial charge in [0, 0.05) is 18.3 Å². The van der Waals surface area contributed by atoms with Crippen LogP contribution in [0.5, 0.6) is 23.0 Å². The number of rotatable bonds is 6. The molecule has 6 nitrogen and oxygen atoms in total. The van der Waals surface area contributed by atoms with E-state index in [1.807, 2.05) is 45.1 Å². The van der Waals surface area contributed by atoms with Crippen molar-refractivity contribution in [2.24, 2.45) is 0 Å². The summed E-state index contributed by atoms with van der Waals surface area (Å²) in [6.07, 6.45) is 3.90. The summed E-state index contributed by atoms with van der Waals surface area (Å²) in [5.41, 5.74) is 1.54. The van der Waals surface area contributed by atoms with Crippen molar-refractivity contribution < 1.29 is 23.7 Å². The van der Waals surface area contributed by atoms with E-state index in [1.54, 1.807) is 44.4 Å². The van der Waals surface area contributed by atoms with Crippen molar-refractivity contribution in [2.45, 2.75) is 26.4 Å². The van der Waals surface area contributed by atoms with E-state index in [0.29, 0.717) is 40.8 Å². The second kappa shape index (κ2) is 8.07. The van der Waals surface area contributed by atoms with Gasteiger partial charge in [-0.25, -0.2) is 0 Å². The van der Waals surface area contributed by atoms with Crippen LogP contribution < -0.4 is 23.8 Å². The minimum atomic E-state index is -0.404. The van der Waals surface area contributed by atoms with E-state index in [-0.39, 0.29) is 5.91 Å². The van der Waals surface area contributed by atoms with Crippen LogP contribution in [0.2, 0.25) is 0 Å². The molecule has 6 heteroatoms. The average Bonchev–Trinajstić information content (AvgIpc) is 2.72. The lowest BCUT2D eigenvalue weighted by atomic mass is 9.99. The lowest BCUT2D eigenvalue weighted by Crippen LogP contribution is -2.31. The van der Waals surface area contributed by atoms with Gasteiger partial charge in [0.15, 0.2) is 11.5 Å². The van der Waals surface area contributed by atoms with E-state index in [0.717, 1.165) is 5.56 Å². The van der Waals surface area contributed by atoms with Crippen molar-refractivity contribution >= 4 is 17.7 Å². The predicted octanol–water partition coefficient (Wildman–Crippen LogP) is 4.56. The molecule has 0 saturated heterocycles. The van der Waals surface area contributed by atoms with Gasteiger partial charge in [0.05, 0.1) is 32.5 Å². The number of carbonyl (C=O) groups excluding carboxylic acids is 1. The fourth-order valence-electron chi connectivity index (χ4n) is 3.40. The first-order chi connectivity index (χ1) is 13.8. The molecular weight excluding hydrogens is 370 g/mol. The molecule has 2 aromatic carbocycles. The molecule has 0 fully saturated rings. The monoisotopic (exact) mass is 397 g/mol. The Morgan fingerprint density at radius 1 is 1.03 bits per heavy atom. The molecule has 0 saturated carbocycles. The molecule has 0 spiro atoms. The predicted molar refractivity (Wildman–Crippen MR) is 114 cm³/mol. The molecule has 0 radical (unpaired) electrons. The van der Waals surface area contributed by atoms with Crippen molar-refractivity contribution in [3.63, 3.8) is 0 Å². The summed E-state index contributed by atoms with van der Waals surface area (Å²) in [5.74, 6) is 2.19. The number of amides is 1. The second-order valence-corrected chi connectivity index (χ2v) is 7.19. The van der Waals surface area contributed by atoms with Crippen molar-refractivity contribution in [1.29, 1.82) is 0 Å². The number of nitrogens with zero attached hydrogens (tertiary/aromatic N) is 1. The maximum Gasteiger partial charge on any atom is 0.262 e. The van der Waals surface area contributed by atoms with Crippen LogP contribution in [0.25, 0.3) is 6.08 Å². The summed E-state index contributed by atoms with van der Waals surface area (Å²) < 4.78 is 22.3. The summed E-state index contributed by atoms with van der Waals surface area (Å²) >= 11 is 0. The number of methoxy groups -OCH3 is 3. The van der Waals surface area contributed by atoms with Crippen LogP contribution in [-0.2, 0) is 0 Å². The Kier molecular flexibility index (Phi) is 5.73. The Labute approximate surface area is 171 Å². The Hall–Kier alpha value is -3.15. The first-order valence-electron chi connectivity index (χ1n) is 9.48. The Morgan fingerprint density at radius 3 is 2.38 bits per heavy atom. The standard InChI is InChI=1S/C23H27NO5/c1-7-24(15-8-10-19(26-4)20(14-15)27-5)22(25)17-9-11-18-16(21(17)28-6)12-13-23(2,3)29-18/h8-14H,7H2,1-6H3. The number of hydrogen-bond donors (Lipinski definition) is 0. The Morgan fingerprint density at radius 2 is 1.76 bits per heavy atom. The van der Waals surface area contributed by atoms with Crippen LogP contribution >= 0.6 is 0 Å². The minimum Gasteiger partial charge on any atom is -0.495 e. The molecule has 0 atom stereocenters. The first kappa shape index (κ1) is 20.6. The molecule has 2 aromatic rings. The second-order valence-electron chi connectivity index (χ2n) is 7.19. The zero-order valence-corrected chi connectivity index (χ0v) is 17.7. The average molecular weight is 397 g/mol. The smallest absolute Gasteiger partial charge is 0.262 e. The van der Waals surface area contributed by atoms with E-state index in [9.17, 15) is 4.79 Å². The van der Waals surface area contributed by atoms with E-state index in [2.05, 4.69) is 0 Å². The van der Waals surface area contributed by atoms with E-state index >= 15 is 0 Å². The molecule has 0 aromatic heterocycles. The molecule has 29 heavy (non-hydrogen) atoms. The van der Waals surface area contributed by atoms with Gasteiger partial charge >= 0.3 is 0 Å². The van der Waals surface area contributed by atoms with Crippen molar-refractivity contribution in [1.82, 2.24) is 0 Å². The van der Waals surface area contributed by atoms with Gasteiger partial charge in [0.25, 0.3) is 5.91 Å². The molecule has 154 valence electrons. The van der Waals surface area contributed by atoms with Crippen molar-refractivity contribution in [2.75, 3.05) is 32.8 Å². The minimum absolute atomic E-state index is 0.169. The van der Waals surface area contributed by atoms with Crippen LogP contribution in [0.15, 0.2) is 36.4 Å². The number of benzene rings is 2. The maximum atomic E-state index is 13.4. The molecule has 0 unspecified atom stereocenters. The highest BCUT2D eigenvalue weighted by Gasteiger charge is 2.28. The van der Waals surface area contributed by atoms with Crippen LogP contribution in [0.4, 0.5) is 5.69 Å². The molecule has 1 aliphatic heterocycles. The fourth-order valence-corrected chi connectivity index (χ4v) is 3.40.